The zero-order valence-electron chi connectivity index (χ0n) is 14.0. The van der Waals surface area contributed by atoms with Crippen LogP contribution in [0.4, 0.5) is 0 Å². The summed E-state index contributed by atoms with van der Waals surface area (Å²) in [5, 5.41) is 3.49. The number of nitrogens with two attached hydrogens (primary N) is 1. The standard InChI is InChI=1S/C17H33N3O/c1-4-10-20(12-14-7-8-14)15-6-5-9-17(11-15,16(18)21)19-13(2)3/h13-15,19H,4-12H2,1-3H3,(H2,18,21). The Labute approximate surface area is 129 Å². The van der Waals surface area contributed by atoms with Crippen molar-refractivity contribution in [1.82, 2.24) is 10.2 Å². The number of rotatable bonds is 8. The van der Waals surface area contributed by atoms with Gasteiger partial charge in [-0.3, -0.25) is 4.79 Å². The maximum absolute atomic E-state index is 12.1. The predicted molar refractivity (Wildman–Crippen MR) is 87.0 cm³/mol. The Kier molecular flexibility index (Phi) is 5.67. The van der Waals surface area contributed by atoms with E-state index in [1.807, 2.05) is 0 Å². The van der Waals surface area contributed by atoms with Crippen LogP contribution in [0, 0.1) is 5.92 Å². The fraction of sp³-hybridized carbons (Fsp3) is 0.941. The Morgan fingerprint density at radius 2 is 2.10 bits per heavy atom. The SMILES string of the molecule is CCCN(CC1CC1)C1CCCC(NC(C)C)(C(N)=O)C1. The molecule has 2 fully saturated rings. The van der Waals surface area contributed by atoms with Gasteiger partial charge in [-0.25, -0.2) is 0 Å². The van der Waals surface area contributed by atoms with Crippen LogP contribution >= 0.6 is 0 Å². The lowest BCUT2D eigenvalue weighted by Crippen LogP contribution is -2.62. The van der Waals surface area contributed by atoms with Crippen molar-refractivity contribution in [2.45, 2.75) is 83.3 Å². The minimum atomic E-state index is -0.493. The molecule has 1 amide bonds. The highest BCUT2D eigenvalue weighted by Crippen LogP contribution is 2.35. The van der Waals surface area contributed by atoms with Crippen LogP contribution in [0.15, 0.2) is 0 Å². The second kappa shape index (κ2) is 7.10. The number of nitrogens with zero attached hydrogens (tertiary/aromatic N) is 1. The maximum Gasteiger partial charge on any atom is 0.237 e. The fourth-order valence-corrected chi connectivity index (χ4v) is 3.88. The average Bonchev–Trinajstić information content (AvgIpc) is 3.21. The predicted octanol–water partition coefficient (Wildman–Crippen LogP) is 2.27. The van der Waals surface area contributed by atoms with Crippen molar-refractivity contribution in [2.24, 2.45) is 11.7 Å². The highest BCUT2D eigenvalue weighted by atomic mass is 16.1. The third-order valence-corrected chi connectivity index (χ3v) is 4.98. The minimum Gasteiger partial charge on any atom is -0.368 e. The average molecular weight is 295 g/mol. The number of hydrogen-bond donors (Lipinski definition) is 2. The topological polar surface area (TPSA) is 58.4 Å². The summed E-state index contributed by atoms with van der Waals surface area (Å²) < 4.78 is 0. The van der Waals surface area contributed by atoms with Gasteiger partial charge in [0.15, 0.2) is 0 Å². The van der Waals surface area contributed by atoms with Gasteiger partial charge in [-0.15, -0.1) is 0 Å². The Morgan fingerprint density at radius 3 is 2.62 bits per heavy atom. The highest BCUT2D eigenvalue weighted by Gasteiger charge is 2.43. The Bertz CT molecular complexity index is 354. The highest BCUT2D eigenvalue weighted by molar-refractivity contribution is 5.85. The Hall–Kier alpha value is -0.610. The zero-order chi connectivity index (χ0) is 15.5. The summed E-state index contributed by atoms with van der Waals surface area (Å²) in [6.07, 6.45) is 8.04. The molecule has 2 saturated carbocycles. The van der Waals surface area contributed by atoms with Crippen LogP contribution in [-0.2, 0) is 4.79 Å². The lowest BCUT2D eigenvalue weighted by molar-refractivity contribution is -0.127. The molecule has 0 aliphatic heterocycles. The van der Waals surface area contributed by atoms with Crippen LogP contribution in [0.25, 0.3) is 0 Å². The van der Waals surface area contributed by atoms with Gasteiger partial charge < -0.3 is 16.0 Å². The summed E-state index contributed by atoms with van der Waals surface area (Å²) in [6.45, 7) is 8.81. The van der Waals surface area contributed by atoms with Crippen LogP contribution < -0.4 is 11.1 Å². The molecule has 0 aromatic rings. The van der Waals surface area contributed by atoms with Crippen molar-refractivity contribution in [3.05, 3.63) is 0 Å². The van der Waals surface area contributed by atoms with Gasteiger partial charge >= 0.3 is 0 Å². The van der Waals surface area contributed by atoms with E-state index in [1.165, 1.54) is 32.2 Å². The fourth-order valence-electron chi connectivity index (χ4n) is 3.88. The minimum absolute atomic E-state index is 0.163. The number of carbonyl (C=O) groups excluding carboxylic acids is 1. The first-order chi connectivity index (χ1) is 9.97. The van der Waals surface area contributed by atoms with Gasteiger partial charge in [-0.2, -0.15) is 0 Å². The van der Waals surface area contributed by atoms with Gasteiger partial charge in [0.2, 0.25) is 5.91 Å². The monoisotopic (exact) mass is 295 g/mol. The number of amides is 1. The smallest absolute Gasteiger partial charge is 0.237 e. The molecule has 0 spiro atoms. The number of hydrogen-bond acceptors (Lipinski definition) is 3. The molecule has 2 rings (SSSR count). The molecule has 0 aromatic carbocycles. The van der Waals surface area contributed by atoms with Crippen molar-refractivity contribution in [3.8, 4) is 0 Å². The van der Waals surface area contributed by atoms with Crippen LogP contribution in [0.1, 0.15) is 65.7 Å². The van der Waals surface area contributed by atoms with Crippen LogP contribution in [0.3, 0.4) is 0 Å². The molecule has 21 heavy (non-hydrogen) atoms. The molecule has 4 heteroatoms. The van der Waals surface area contributed by atoms with E-state index in [1.54, 1.807) is 0 Å². The molecular formula is C17H33N3O. The second-order valence-electron chi connectivity index (χ2n) is 7.43. The van der Waals surface area contributed by atoms with Crippen molar-refractivity contribution >= 4 is 5.91 Å². The molecule has 122 valence electrons. The molecule has 2 atom stereocenters. The first-order valence-electron chi connectivity index (χ1n) is 8.78. The molecule has 3 N–H and O–H groups in total. The van der Waals surface area contributed by atoms with Crippen molar-refractivity contribution in [2.75, 3.05) is 13.1 Å². The number of primary amides is 1. The molecule has 0 radical (unpaired) electrons. The van der Waals surface area contributed by atoms with Gasteiger partial charge in [0.05, 0.1) is 5.54 Å². The van der Waals surface area contributed by atoms with Gasteiger partial charge in [-0.05, 0) is 71.3 Å². The first-order valence-corrected chi connectivity index (χ1v) is 8.78. The molecule has 2 aliphatic carbocycles. The molecule has 0 heterocycles. The van der Waals surface area contributed by atoms with E-state index in [0.717, 1.165) is 31.7 Å². The van der Waals surface area contributed by atoms with E-state index in [2.05, 4.69) is 31.0 Å². The normalized spacial score (nSPS) is 30.0. The summed E-state index contributed by atoms with van der Waals surface area (Å²) >= 11 is 0. The van der Waals surface area contributed by atoms with Crippen LogP contribution in [0.2, 0.25) is 0 Å². The summed E-state index contributed by atoms with van der Waals surface area (Å²) in [6, 6.07) is 0.803. The quantitative estimate of drug-likeness (QED) is 0.722. The second-order valence-corrected chi connectivity index (χ2v) is 7.43. The van der Waals surface area contributed by atoms with Crippen LogP contribution in [-0.4, -0.2) is 41.5 Å². The lowest BCUT2D eigenvalue weighted by atomic mass is 9.77. The van der Waals surface area contributed by atoms with E-state index in [-0.39, 0.29) is 5.91 Å². The van der Waals surface area contributed by atoms with Crippen molar-refractivity contribution in [1.29, 1.82) is 0 Å². The largest absolute Gasteiger partial charge is 0.368 e. The van der Waals surface area contributed by atoms with Gasteiger partial charge in [0, 0.05) is 18.6 Å². The van der Waals surface area contributed by atoms with E-state index < -0.39 is 5.54 Å². The molecule has 0 bridgehead atoms. The molecular weight excluding hydrogens is 262 g/mol. The van der Waals surface area contributed by atoms with Crippen LogP contribution in [0.5, 0.6) is 0 Å². The molecule has 0 saturated heterocycles. The Morgan fingerprint density at radius 1 is 1.38 bits per heavy atom. The summed E-state index contributed by atoms with van der Waals surface area (Å²) in [5.74, 6) is 0.739. The van der Waals surface area contributed by atoms with Crippen molar-refractivity contribution in [3.63, 3.8) is 0 Å². The molecule has 0 aromatic heterocycles. The van der Waals surface area contributed by atoms with Gasteiger partial charge in [0.1, 0.15) is 0 Å². The summed E-state index contributed by atoms with van der Waals surface area (Å²) in [4.78, 5) is 14.7. The third-order valence-electron chi connectivity index (χ3n) is 4.98. The number of nitrogens with one attached hydrogen (secondary N) is 1. The zero-order valence-corrected chi connectivity index (χ0v) is 14.0. The van der Waals surface area contributed by atoms with E-state index in [0.29, 0.717) is 12.1 Å². The maximum atomic E-state index is 12.1. The molecule has 2 unspecified atom stereocenters. The first kappa shape index (κ1) is 16.8. The lowest BCUT2D eigenvalue weighted by Gasteiger charge is -2.44. The molecule has 4 nitrogen and oxygen atoms in total. The van der Waals surface area contributed by atoms with Crippen molar-refractivity contribution < 1.29 is 4.79 Å². The Balaban J connectivity index is 2.06. The summed E-state index contributed by atoms with van der Waals surface area (Å²) in [5.41, 5.74) is 5.29. The molecule has 2 aliphatic rings. The number of carbonyl (C=O) groups is 1. The third kappa shape index (κ3) is 4.43. The van der Waals surface area contributed by atoms with Gasteiger partial charge in [0.25, 0.3) is 0 Å². The van der Waals surface area contributed by atoms with E-state index in [9.17, 15) is 4.79 Å². The van der Waals surface area contributed by atoms with E-state index in [4.69, 9.17) is 5.73 Å². The summed E-state index contributed by atoms with van der Waals surface area (Å²) in [7, 11) is 0. The van der Waals surface area contributed by atoms with E-state index >= 15 is 0 Å². The van der Waals surface area contributed by atoms with Gasteiger partial charge in [-0.1, -0.05) is 6.92 Å².